The van der Waals surface area contributed by atoms with Crippen LogP contribution in [0.3, 0.4) is 0 Å². The third kappa shape index (κ3) is 3.11. The van der Waals surface area contributed by atoms with Crippen LogP contribution in [0.1, 0.15) is 12.2 Å². The van der Waals surface area contributed by atoms with E-state index in [-0.39, 0.29) is 0 Å². The van der Waals surface area contributed by atoms with Gasteiger partial charge in [0.25, 0.3) is 0 Å². The molecule has 25 heavy (non-hydrogen) atoms. The Bertz CT molecular complexity index is 988. The molecule has 3 aromatic rings. The van der Waals surface area contributed by atoms with Gasteiger partial charge in [-0.05, 0) is 36.8 Å². The van der Waals surface area contributed by atoms with Gasteiger partial charge in [-0.15, -0.1) is 11.8 Å². The monoisotopic (exact) mass is 366 g/mol. The van der Waals surface area contributed by atoms with E-state index >= 15 is 0 Å². The van der Waals surface area contributed by atoms with Gasteiger partial charge in [0.2, 0.25) is 0 Å². The van der Waals surface area contributed by atoms with E-state index in [1.54, 1.807) is 17.8 Å². The van der Waals surface area contributed by atoms with E-state index in [1.807, 2.05) is 30.3 Å². The second kappa shape index (κ2) is 6.83. The zero-order chi connectivity index (χ0) is 17.2. The number of para-hydroxylation sites is 1. The molecule has 0 unspecified atom stereocenters. The number of anilines is 1. The van der Waals surface area contributed by atoms with Crippen molar-refractivity contribution in [3.8, 4) is 6.07 Å². The number of thioether (sulfide) groups is 1. The topological polar surface area (TPSA) is 55.7 Å². The van der Waals surface area contributed by atoms with Gasteiger partial charge in [-0.1, -0.05) is 29.8 Å². The SMILES string of the molecule is N#C/C(=C1\SCCCN1c1ccccc1)c1nc2ccc(Cl)cc2[nH]1. The Morgan fingerprint density at radius 1 is 1.24 bits per heavy atom. The summed E-state index contributed by atoms with van der Waals surface area (Å²) in [7, 11) is 0. The molecule has 2 aromatic carbocycles. The van der Waals surface area contributed by atoms with Crippen LogP contribution in [-0.4, -0.2) is 22.3 Å². The molecule has 4 rings (SSSR count). The Balaban J connectivity index is 1.84. The summed E-state index contributed by atoms with van der Waals surface area (Å²) in [6, 6.07) is 18.0. The molecule has 1 saturated heterocycles. The summed E-state index contributed by atoms with van der Waals surface area (Å²) in [5.41, 5.74) is 3.31. The van der Waals surface area contributed by atoms with Crippen LogP contribution in [0.2, 0.25) is 5.02 Å². The smallest absolute Gasteiger partial charge is 0.151 e. The van der Waals surface area contributed by atoms with Crippen LogP contribution in [-0.2, 0) is 0 Å². The average Bonchev–Trinajstić information content (AvgIpc) is 3.06. The first-order valence-electron chi connectivity index (χ1n) is 8.01. The van der Waals surface area contributed by atoms with E-state index in [2.05, 4.69) is 33.1 Å². The van der Waals surface area contributed by atoms with Crippen molar-refractivity contribution in [2.24, 2.45) is 0 Å². The number of halogens is 1. The van der Waals surface area contributed by atoms with Crippen molar-refractivity contribution >= 4 is 45.7 Å². The molecule has 1 aliphatic heterocycles. The van der Waals surface area contributed by atoms with Gasteiger partial charge in [0.15, 0.2) is 5.82 Å². The van der Waals surface area contributed by atoms with Crippen LogP contribution >= 0.6 is 23.4 Å². The van der Waals surface area contributed by atoms with Gasteiger partial charge in [0, 0.05) is 23.0 Å². The molecule has 1 fully saturated rings. The first kappa shape index (κ1) is 16.1. The number of aromatic nitrogens is 2. The Hall–Kier alpha value is -2.42. The highest BCUT2D eigenvalue weighted by atomic mass is 35.5. The van der Waals surface area contributed by atoms with E-state index in [0.717, 1.165) is 40.5 Å². The van der Waals surface area contributed by atoms with Crippen molar-refractivity contribution in [1.82, 2.24) is 9.97 Å². The van der Waals surface area contributed by atoms with Crippen LogP contribution < -0.4 is 4.90 Å². The normalized spacial score (nSPS) is 16.7. The summed E-state index contributed by atoms with van der Waals surface area (Å²) in [5.74, 6) is 1.58. The van der Waals surface area contributed by atoms with Gasteiger partial charge in [0.1, 0.15) is 11.6 Å². The van der Waals surface area contributed by atoms with E-state index in [4.69, 9.17) is 11.6 Å². The fourth-order valence-corrected chi connectivity index (χ4v) is 4.21. The molecule has 0 spiro atoms. The van der Waals surface area contributed by atoms with Crippen molar-refractivity contribution in [3.63, 3.8) is 0 Å². The largest absolute Gasteiger partial charge is 0.337 e. The summed E-state index contributed by atoms with van der Waals surface area (Å²) in [6.07, 6.45) is 1.08. The van der Waals surface area contributed by atoms with Crippen LogP contribution in [0.15, 0.2) is 53.6 Å². The molecule has 0 bridgehead atoms. The molecular formula is C19H15ClN4S. The molecule has 0 amide bonds. The maximum Gasteiger partial charge on any atom is 0.151 e. The number of allylic oxidation sites excluding steroid dienone is 1. The lowest BCUT2D eigenvalue weighted by molar-refractivity contribution is 0.864. The van der Waals surface area contributed by atoms with E-state index in [0.29, 0.717) is 16.4 Å². The van der Waals surface area contributed by atoms with Crippen LogP contribution in [0.5, 0.6) is 0 Å². The molecule has 6 heteroatoms. The van der Waals surface area contributed by atoms with Crippen molar-refractivity contribution in [1.29, 1.82) is 5.26 Å². The molecular weight excluding hydrogens is 352 g/mol. The number of hydrogen-bond donors (Lipinski definition) is 1. The van der Waals surface area contributed by atoms with Gasteiger partial charge in [-0.2, -0.15) is 5.26 Å². The molecule has 4 nitrogen and oxygen atoms in total. The lowest BCUT2D eigenvalue weighted by Crippen LogP contribution is -2.27. The number of nitrogens with one attached hydrogen (secondary N) is 1. The van der Waals surface area contributed by atoms with Crippen molar-refractivity contribution in [2.45, 2.75) is 6.42 Å². The lowest BCUT2D eigenvalue weighted by Gasteiger charge is -2.31. The predicted octanol–water partition coefficient (Wildman–Crippen LogP) is 5.05. The highest BCUT2D eigenvalue weighted by molar-refractivity contribution is 8.03. The van der Waals surface area contributed by atoms with Gasteiger partial charge >= 0.3 is 0 Å². The number of nitriles is 1. The number of nitrogens with zero attached hydrogens (tertiary/aromatic N) is 3. The molecule has 0 aliphatic carbocycles. The molecule has 0 saturated carbocycles. The minimum absolute atomic E-state index is 0.570. The standard InChI is InChI=1S/C19H15ClN4S/c20-13-7-8-16-17(11-13)23-18(22-16)15(12-21)19-24(9-4-10-25-19)14-5-2-1-3-6-14/h1-3,5-8,11H,4,9-10H2,(H,22,23)/b19-15+. The van der Waals surface area contributed by atoms with Crippen molar-refractivity contribution < 1.29 is 0 Å². The van der Waals surface area contributed by atoms with Crippen LogP contribution in [0.25, 0.3) is 16.6 Å². The second-order valence-corrected chi connectivity index (χ2v) is 7.25. The molecule has 0 radical (unpaired) electrons. The predicted molar refractivity (Wildman–Crippen MR) is 104 cm³/mol. The van der Waals surface area contributed by atoms with E-state index in [1.165, 1.54) is 0 Å². The molecule has 1 aromatic heterocycles. The minimum atomic E-state index is 0.570. The third-order valence-corrected chi connectivity index (χ3v) is 5.51. The summed E-state index contributed by atoms with van der Waals surface area (Å²) in [5, 5.41) is 11.4. The molecule has 0 atom stereocenters. The number of H-pyrrole nitrogens is 1. The zero-order valence-corrected chi connectivity index (χ0v) is 14.9. The second-order valence-electron chi connectivity index (χ2n) is 5.73. The average molecular weight is 367 g/mol. The van der Waals surface area contributed by atoms with E-state index < -0.39 is 0 Å². The van der Waals surface area contributed by atoms with E-state index in [9.17, 15) is 5.26 Å². The Morgan fingerprint density at radius 3 is 2.88 bits per heavy atom. The van der Waals surface area contributed by atoms with Crippen molar-refractivity contribution in [3.05, 3.63) is 64.4 Å². The summed E-state index contributed by atoms with van der Waals surface area (Å²) in [4.78, 5) is 10.0. The van der Waals surface area contributed by atoms with Gasteiger partial charge in [-0.25, -0.2) is 4.98 Å². The van der Waals surface area contributed by atoms with Crippen molar-refractivity contribution in [2.75, 3.05) is 17.2 Å². The van der Waals surface area contributed by atoms with Gasteiger partial charge in [-0.3, -0.25) is 0 Å². The minimum Gasteiger partial charge on any atom is -0.337 e. The molecule has 2 heterocycles. The first-order chi connectivity index (χ1) is 12.3. The fraction of sp³-hybridized carbons (Fsp3) is 0.158. The third-order valence-electron chi connectivity index (χ3n) is 4.08. The maximum atomic E-state index is 9.84. The Labute approximate surface area is 155 Å². The highest BCUT2D eigenvalue weighted by Crippen LogP contribution is 2.36. The lowest BCUT2D eigenvalue weighted by atomic mass is 10.2. The summed E-state index contributed by atoms with van der Waals surface area (Å²) < 4.78 is 0. The van der Waals surface area contributed by atoms with Crippen LogP contribution in [0, 0.1) is 11.3 Å². The number of fused-ring (bicyclic) bond motifs is 1. The Morgan fingerprint density at radius 2 is 2.08 bits per heavy atom. The number of benzene rings is 2. The van der Waals surface area contributed by atoms with Crippen LogP contribution in [0.4, 0.5) is 5.69 Å². The molecule has 124 valence electrons. The maximum absolute atomic E-state index is 9.84. The Kier molecular flexibility index (Phi) is 4.39. The molecule has 1 aliphatic rings. The summed E-state index contributed by atoms with van der Waals surface area (Å²) in [6.45, 7) is 0.892. The molecule has 1 N–H and O–H groups in total. The number of hydrogen-bond acceptors (Lipinski definition) is 4. The fourth-order valence-electron chi connectivity index (χ4n) is 2.93. The van der Waals surface area contributed by atoms with Gasteiger partial charge < -0.3 is 9.88 Å². The number of aromatic amines is 1. The number of rotatable bonds is 2. The zero-order valence-electron chi connectivity index (χ0n) is 13.4. The quantitative estimate of drug-likeness (QED) is 0.644. The highest BCUT2D eigenvalue weighted by Gasteiger charge is 2.23. The first-order valence-corrected chi connectivity index (χ1v) is 9.38. The number of imidazole rings is 1. The summed E-state index contributed by atoms with van der Waals surface area (Å²) >= 11 is 7.76. The van der Waals surface area contributed by atoms with Gasteiger partial charge in [0.05, 0.1) is 16.1 Å².